The zero-order valence-electron chi connectivity index (χ0n) is 19.2. The van der Waals surface area contributed by atoms with Crippen molar-refractivity contribution in [3.63, 3.8) is 0 Å². The molecule has 0 aliphatic rings. The Kier molecular flexibility index (Phi) is 11.5. The van der Waals surface area contributed by atoms with Gasteiger partial charge in [-0.25, -0.2) is 0 Å². The van der Waals surface area contributed by atoms with Crippen LogP contribution in [0.1, 0.15) is 11.1 Å². The highest BCUT2D eigenvalue weighted by atomic mass is 79.9. The van der Waals surface area contributed by atoms with E-state index in [0.29, 0.717) is 70.5 Å². The van der Waals surface area contributed by atoms with Crippen LogP contribution in [0.15, 0.2) is 59.1 Å². The fourth-order valence-corrected chi connectivity index (χ4v) is 3.26. The second-order valence-corrected chi connectivity index (χ2v) is 8.30. The van der Waals surface area contributed by atoms with E-state index in [2.05, 4.69) is 59.0 Å². The van der Waals surface area contributed by atoms with Crippen LogP contribution in [0.2, 0.25) is 0 Å². The Morgan fingerprint density at radius 2 is 1.29 bits per heavy atom. The molecule has 0 fully saturated rings. The molecule has 1 aromatic heterocycles. The molecule has 182 valence electrons. The van der Waals surface area contributed by atoms with Crippen molar-refractivity contribution in [2.75, 3.05) is 62.0 Å². The predicted octanol–water partition coefficient (Wildman–Crippen LogP) is 3.30. The number of nitrogens with zero attached hydrogens (tertiary/aromatic N) is 3. The second-order valence-electron chi connectivity index (χ2n) is 7.39. The van der Waals surface area contributed by atoms with Crippen LogP contribution in [0, 0.1) is 0 Å². The van der Waals surface area contributed by atoms with E-state index >= 15 is 0 Å². The SMILES string of the molecule is NCCOCCOCCNc1nc(NCCc2ccccc2)nc(NCc2ccc(Br)cc2)n1. The highest BCUT2D eigenvalue weighted by molar-refractivity contribution is 9.10. The van der Waals surface area contributed by atoms with Gasteiger partial charge in [-0.2, -0.15) is 15.0 Å². The maximum absolute atomic E-state index is 5.56. The minimum absolute atomic E-state index is 0.485. The van der Waals surface area contributed by atoms with Crippen molar-refractivity contribution in [2.45, 2.75) is 13.0 Å². The molecule has 0 amide bonds. The van der Waals surface area contributed by atoms with Gasteiger partial charge in [0.05, 0.1) is 26.4 Å². The maximum Gasteiger partial charge on any atom is 0.229 e. The van der Waals surface area contributed by atoms with Gasteiger partial charge in [-0.05, 0) is 29.7 Å². The Morgan fingerprint density at radius 1 is 0.676 bits per heavy atom. The third-order valence-electron chi connectivity index (χ3n) is 4.70. The van der Waals surface area contributed by atoms with Crippen molar-refractivity contribution in [3.8, 4) is 0 Å². The van der Waals surface area contributed by atoms with Crippen molar-refractivity contribution < 1.29 is 9.47 Å². The summed E-state index contributed by atoms with van der Waals surface area (Å²) < 4.78 is 11.9. The van der Waals surface area contributed by atoms with Gasteiger partial charge in [0, 0.05) is 30.7 Å². The summed E-state index contributed by atoms with van der Waals surface area (Å²) in [5.74, 6) is 1.50. The quantitative estimate of drug-likeness (QED) is 0.207. The van der Waals surface area contributed by atoms with Crippen LogP contribution >= 0.6 is 15.9 Å². The molecule has 2 aromatic carbocycles. The molecule has 0 atom stereocenters. The highest BCUT2D eigenvalue weighted by Gasteiger charge is 2.07. The number of halogens is 1. The van der Waals surface area contributed by atoms with E-state index in [1.165, 1.54) is 5.56 Å². The molecule has 34 heavy (non-hydrogen) atoms. The number of rotatable bonds is 16. The first-order chi connectivity index (χ1) is 16.7. The summed E-state index contributed by atoms with van der Waals surface area (Å²) in [6.07, 6.45) is 0.872. The standard InChI is InChI=1S/C24H32BrN7O2/c25-21-8-6-20(7-9-21)18-29-24-31-22(27-12-10-19-4-2-1-3-5-19)30-23(32-24)28-13-15-34-17-16-33-14-11-26/h1-9H,10-18,26H2,(H3,27,28,29,30,31,32). The minimum atomic E-state index is 0.485. The molecule has 0 radical (unpaired) electrons. The lowest BCUT2D eigenvalue weighted by Crippen LogP contribution is -2.17. The molecular weight excluding hydrogens is 498 g/mol. The lowest BCUT2D eigenvalue weighted by atomic mass is 10.1. The van der Waals surface area contributed by atoms with Crippen molar-refractivity contribution in [1.82, 2.24) is 15.0 Å². The van der Waals surface area contributed by atoms with Crippen molar-refractivity contribution >= 4 is 33.8 Å². The van der Waals surface area contributed by atoms with Crippen LogP contribution in [0.4, 0.5) is 17.8 Å². The van der Waals surface area contributed by atoms with E-state index in [-0.39, 0.29) is 0 Å². The van der Waals surface area contributed by atoms with Crippen LogP contribution in [0.3, 0.4) is 0 Å². The normalized spacial score (nSPS) is 10.8. The molecule has 0 aliphatic carbocycles. The van der Waals surface area contributed by atoms with Crippen LogP contribution in [-0.4, -0.2) is 61.0 Å². The van der Waals surface area contributed by atoms with Crippen molar-refractivity contribution in [2.24, 2.45) is 5.73 Å². The monoisotopic (exact) mass is 529 g/mol. The van der Waals surface area contributed by atoms with Gasteiger partial charge < -0.3 is 31.2 Å². The van der Waals surface area contributed by atoms with Crippen molar-refractivity contribution in [3.05, 3.63) is 70.2 Å². The number of hydrogen-bond acceptors (Lipinski definition) is 9. The predicted molar refractivity (Wildman–Crippen MR) is 139 cm³/mol. The number of nitrogens with one attached hydrogen (secondary N) is 3. The molecule has 0 saturated carbocycles. The smallest absolute Gasteiger partial charge is 0.229 e. The topological polar surface area (TPSA) is 119 Å². The Bertz CT molecular complexity index is 961. The van der Waals surface area contributed by atoms with Crippen LogP contribution in [-0.2, 0) is 22.4 Å². The van der Waals surface area contributed by atoms with E-state index in [1.807, 2.05) is 42.5 Å². The van der Waals surface area contributed by atoms with Gasteiger partial charge in [-0.15, -0.1) is 0 Å². The zero-order valence-corrected chi connectivity index (χ0v) is 20.8. The molecule has 5 N–H and O–H groups in total. The van der Waals surface area contributed by atoms with Gasteiger partial charge in [-0.1, -0.05) is 58.4 Å². The van der Waals surface area contributed by atoms with E-state index in [1.54, 1.807) is 0 Å². The number of aromatic nitrogens is 3. The lowest BCUT2D eigenvalue weighted by Gasteiger charge is -2.12. The summed E-state index contributed by atoms with van der Waals surface area (Å²) in [5, 5.41) is 9.79. The van der Waals surface area contributed by atoms with E-state index in [0.717, 1.165) is 16.5 Å². The van der Waals surface area contributed by atoms with Gasteiger partial charge >= 0.3 is 0 Å². The molecule has 0 unspecified atom stereocenters. The third kappa shape index (κ3) is 10.0. The van der Waals surface area contributed by atoms with Crippen LogP contribution < -0.4 is 21.7 Å². The molecule has 0 bridgehead atoms. The summed E-state index contributed by atoms with van der Waals surface area (Å²) >= 11 is 3.46. The Hall–Kier alpha value is -2.79. The van der Waals surface area contributed by atoms with Crippen LogP contribution in [0.5, 0.6) is 0 Å². The van der Waals surface area contributed by atoms with Gasteiger partial charge in [0.25, 0.3) is 0 Å². The summed E-state index contributed by atoms with van der Waals surface area (Å²) in [7, 11) is 0. The molecule has 3 aromatic rings. The summed E-state index contributed by atoms with van der Waals surface area (Å²) in [6, 6.07) is 18.4. The van der Waals surface area contributed by atoms with Gasteiger partial charge in [0.15, 0.2) is 0 Å². The fraction of sp³-hybridized carbons (Fsp3) is 0.375. The zero-order chi connectivity index (χ0) is 23.8. The first kappa shape index (κ1) is 25.8. The number of ether oxygens (including phenoxy) is 2. The lowest BCUT2D eigenvalue weighted by molar-refractivity contribution is 0.0547. The number of anilines is 3. The second kappa shape index (κ2) is 15.2. The molecule has 9 nitrogen and oxygen atoms in total. The Morgan fingerprint density at radius 3 is 1.97 bits per heavy atom. The molecule has 10 heteroatoms. The highest BCUT2D eigenvalue weighted by Crippen LogP contribution is 2.13. The van der Waals surface area contributed by atoms with E-state index in [4.69, 9.17) is 15.2 Å². The molecule has 1 heterocycles. The minimum Gasteiger partial charge on any atom is -0.378 e. The van der Waals surface area contributed by atoms with Gasteiger partial charge in [-0.3, -0.25) is 0 Å². The number of benzene rings is 2. The molecule has 3 rings (SSSR count). The first-order valence-electron chi connectivity index (χ1n) is 11.3. The summed E-state index contributed by atoms with van der Waals surface area (Å²) in [6.45, 7) is 4.50. The fourth-order valence-electron chi connectivity index (χ4n) is 3.00. The maximum atomic E-state index is 5.56. The number of hydrogen-bond donors (Lipinski definition) is 4. The number of nitrogens with two attached hydrogens (primary N) is 1. The van der Waals surface area contributed by atoms with Gasteiger partial charge in [0.1, 0.15) is 0 Å². The molecule has 0 saturated heterocycles. The van der Waals surface area contributed by atoms with Crippen molar-refractivity contribution in [1.29, 1.82) is 0 Å². The molecule has 0 aliphatic heterocycles. The average Bonchev–Trinajstić information content (AvgIpc) is 2.86. The summed E-state index contributed by atoms with van der Waals surface area (Å²) in [4.78, 5) is 13.5. The van der Waals surface area contributed by atoms with Gasteiger partial charge in [0.2, 0.25) is 17.8 Å². The van der Waals surface area contributed by atoms with E-state index < -0.39 is 0 Å². The van der Waals surface area contributed by atoms with E-state index in [9.17, 15) is 0 Å². The molecular formula is C24H32BrN7O2. The first-order valence-corrected chi connectivity index (χ1v) is 12.1. The summed E-state index contributed by atoms with van der Waals surface area (Å²) in [5.41, 5.74) is 7.77. The van der Waals surface area contributed by atoms with Crippen LogP contribution in [0.25, 0.3) is 0 Å². The molecule has 0 spiro atoms. The largest absolute Gasteiger partial charge is 0.378 e. The Labute approximate surface area is 209 Å². The Balaban J connectivity index is 1.54. The third-order valence-corrected chi connectivity index (χ3v) is 5.23. The average molecular weight is 530 g/mol.